The minimum Gasteiger partial charge on any atom is -0.349 e. The lowest BCUT2D eigenvalue weighted by Crippen LogP contribution is -2.46. The zero-order chi connectivity index (χ0) is 21.6. The van der Waals surface area contributed by atoms with E-state index in [0.717, 1.165) is 51.4 Å². The Hall–Kier alpha value is -2.48. The number of nitrogens with zero attached hydrogens (tertiary/aromatic N) is 1. The zero-order valence-electron chi connectivity index (χ0n) is 17.0. The molecule has 160 valence electrons. The molecule has 2 aromatic carbocycles. The van der Waals surface area contributed by atoms with E-state index in [4.69, 9.17) is 0 Å². The maximum atomic E-state index is 12.7. The fourth-order valence-corrected chi connectivity index (χ4v) is 4.83. The van der Waals surface area contributed by atoms with Gasteiger partial charge >= 0.3 is 0 Å². The quantitative estimate of drug-likeness (QED) is 0.503. The van der Waals surface area contributed by atoms with Crippen molar-refractivity contribution >= 4 is 44.8 Å². The summed E-state index contributed by atoms with van der Waals surface area (Å²) in [5, 5.41) is 6.08. The number of likely N-dealkylation sites (tertiary alicyclic amines) is 1. The average molecular weight is 498 g/mol. The molecule has 7 heteroatoms. The van der Waals surface area contributed by atoms with Crippen molar-refractivity contribution in [2.24, 2.45) is 0 Å². The van der Waals surface area contributed by atoms with Crippen molar-refractivity contribution in [1.29, 1.82) is 0 Å². The largest absolute Gasteiger partial charge is 0.349 e. The van der Waals surface area contributed by atoms with Gasteiger partial charge in [0.1, 0.15) is 0 Å². The minimum absolute atomic E-state index is 0.00672. The third-order valence-corrected chi connectivity index (χ3v) is 6.97. The molecule has 1 saturated heterocycles. The van der Waals surface area contributed by atoms with Gasteiger partial charge in [0.15, 0.2) is 0 Å². The zero-order valence-corrected chi connectivity index (χ0v) is 19.4. The van der Waals surface area contributed by atoms with Crippen molar-refractivity contribution in [1.82, 2.24) is 10.2 Å². The number of anilines is 1. The second-order valence-electron chi connectivity index (χ2n) is 7.61. The molecule has 0 spiro atoms. The van der Waals surface area contributed by atoms with Crippen LogP contribution in [0.2, 0.25) is 0 Å². The van der Waals surface area contributed by atoms with E-state index >= 15 is 0 Å². The van der Waals surface area contributed by atoms with Crippen LogP contribution < -0.4 is 10.6 Å². The SMILES string of the molecule is O=C(CN1CCC(NC(=O)c2ccc(-c3ccc(Br)cc3)s2)CC1)Nc1ccccc1. The summed E-state index contributed by atoms with van der Waals surface area (Å²) < 4.78 is 1.04. The Labute approximate surface area is 194 Å². The number of hydrogen-bond donors (Lipinski definition) is 2. The van der Waals surface area contributed by atoms with Gasteiger partial charge in [-0.3, -0.25) is 14.5 Å². The lowest BCUT2D eigenvalue weighted by atomic mass is 10.0. The molecule has 0 unspecified atom stereocenters. The van der Waals surface area contributed by atoms with Crippen molar-refractivity contribution in [2.45, 2.75) is 18.9 Å². The molecule has 2 amide bonds. The predicted octanol–water partition coefficient (Wildman–Crippen LogP) is 5.01. The van der Waals surface area contributed by atoms with Crippen LogP contribution in [-0.2, 0) is 4.79 Å². The highest BCUT2D eigenvalue weighted by Crippen LogP contribution is 2.29. The fourth-order valence-electron chi connectivity index (χ4n) is 3.65. The summed E-state index contributed by atoms with van der Waals surface area (Å²) in [7, 11) is 0. The number of carbonyl (C=O) groups is 2. The third kappa shape index (κ3) is 6.03. The molecule has 0 saturated carbocycles. The number of nitrogens with one attached hydrogen (secondary N) is 2. The molecule has 0 atom stereocenters. The van der Waals surface area contributed by atoms with E-state index in [1.54, 1.807) is 0 Å². The van der Waals surface area contributed by atoms with Gasteiger partial charge in [0.2, 0.25) is 5.91 Å². The van der Waals surface area contributed by atoms with Crippen LogP contribution in [0.3, 0.4) is 0 Å². The van der Waals surface area contributed by atoms with E-state index in [-0.39, 0.29) is 17.9 Å². The molecule has 3 aromatic rings. The Bertz CT molecular complexity index is 1030. The van der Waals surface area contributed by atoms with Gasteiger partial charge in [-0.05, 0) is 54.8 Å². The standard InChI is InChI=1S/C24H24BrN3O2S/c25-18-8-6-17(7-9-18)21-10-11-22(31-21)24(30)27-20-12-14-28(15-13-20)16-23(29)26-19-4-2-1-3-5-19/h1-11,20H,12-16H2,(H,26,29)(H,27,30). The van der Waals surface area contributed by atoms with Crippen LogP contribution in [0.1, 0.15) is 22.5 Å². The van der Waals surface area contributed by atoms with Crippen LogP contribution in [0.4, 0.5) is 5.69 Å². The van der Waals surface area contributed by atoms with E-state index in [1.165, 1.54) is 11.3 Å². The lowest BCUT2D eigenvalue weighted by molar-refractivity contribution is -0.117. The number of amides is 2. The van der Waals surface area contributed by atoms with E-state index < -0.39 is 0 Å². The van der Waals surface area contributed by atoms with Gasteiger partial charge in [-0.2, -0.15) is 0 Å². The number of halogens is 1. The summed E-state index contributed by atoms with van der Waals surface area (Å²) in [6.45, 7) is 1.96. The van der Waals surface area contributed by atoms with Crippen molar-refractivity contribution < 1.29 is 9.59 Å². The molecular weight excluding hydrogens is 474 g/mol. The van der Waals surface area contributed by atoms with Crippen molar-refractivity contribution in [3.05, 3.63) is 76.1 Å². The normalized spacial score (nSPS) is 14.9. The van der Waals surface area contributed by atoms with E-state index in [9.17, 15) is 9.59 Å². The molecule has 1 fully saturated rings. The van der Waals surface area contributed by atoms with Gasteiger partial charge in [-0.15, -0.1) is 11.3 Å². The van der Waals surface area contributed by atoms with Crippen LogP contribution in [0.15, 0.2) is 71.2 Å². The Balaban J connectivity index is 1.24. The summed E-state index contributed by atoms with van der Waals surface area (Å²) >= 11 is 4.95. The predicted molar refractivity (Wildman–Crippen MR) is 129 cm³/mol. The highest BCUT2D eigenvalue weighted by Gasteiger charge is 2.23. The minimum atomic E-state index is -0.0198. The first-order valence-electron chi connectivity index (χ1n) is 10.3. The average Bonchev–Trinajstić information content (AvgIpc) is 3.27. The second-order valence-corrected chi connectivity index (χ2v) is 9.61. The summed E-state index contributed by atoms with van der Waals surface area (Å²) in [5.41, 5.74) is 1.92. The number of benzene rings is 2. The maximum absolute atomic E-state index is 12.7. The Morgan fingerprint density at radius 1 is 0.968 bits per heavy atom. The Morgan fingerprint density at radius 2 is 1.68 bits per heavy atom. The summed E-state index contributed by atoms with van der Waals surface area (Å²) in [6, 6.07) is 21.6. The Kier molecular flexibility index (Phi) is 7.17. The van der Waals surface area contributed by atoms with Crippen molar-refractivity contribution in [3.8, 4) is 10.4 Å². The summed E-state index contributed by atoms with van der Waals surface area (Å²) in [6.07, 6.45) is 1.69. The monoisotopic (exact) mass is 497 g/mol. The number of piperidine rings is 1. The van der Waals surface area contributed by atoms with Gasteiger partial charge < -0.3 is 10.6 Å². The lowest BCUT2D eigenvalue weighted by Gasteiger charge is -2.31. The molecule has 0 bridgehead atoms. The molecule has 0 aliphatic carbocycles. The van der Waals surface area contributed by atoms with Crippen molar-refractivity contribution in [2.75, 3.05) is 25.0 Å². The number of hydrogen-bond acceptors (Lipinski definition) is 4. The molecule has 1 aliphatic heterocycles. The van der Waals surface area contributed by atoms with Gasteiger partial charge in [0, 0.05) is 34.2 Å². The second kappa shape index (κ2) is 10.2. The van der Waals surface area contributed by atoms with Crippen molar-refractivity contribution in [3.63, 3.8) is 0 Å². The molecule has 4 rings (SSSR count). The number of rotatable bonds is 6. The number of thiophene rings is 1. The van der Waals surface area contributed by atoms with Crippen LogP contribution in [0.25, 0.3) is 10.4 Å². The first-order valence-corrected chi connectivity index (χ1v) is 11.9. The highest BCUT2D eigenvalue weighted by molar-refractivity contribution is 9.10. The molecule has 0 radical (unpaired) electrons. The smallest absolute Gasteiger partial charge is 0.261 e. The third-order valence-electron chi connectivity index (χ3n) is 5.31. The molecule has 1 aliphatic rings. The van der Waals surface area contributed by atoms with Gasteiger partial charge in [0.25, 0.3) is 5.91 Å². The van der Waals surface area contributed by atoms with Crippen LogP contribution >= 0.6 is 27.3 Å². The molecule has 1 aromatic heterocycles. The van der Waals surface area contributed by atoms with Gasteiger partial charge in [-0.25, -0.2) is 0 Å². The maximum Gasteiger partial charge on any atom is 0.261 e. The van der Waals surface area contributed by atoms with E-state index in [1.807, 2.05) is 66.7 Å². The summed E-state index contributed by atoms with van der Waals surface area (Å²) in [4.78, 5) is 28.9. The molecule has 2 heterocycles. The highest BCUT2D eigenvalue weighted by atomic mass is 79.9. The first-order chi connectivity index (χ1) is 15.1. The van der Waals surface area contributed by atoms with E-state index in [0.29, 0.717) is 6.54 Å². The Morgan fingerprint density at radius 3 is 2.39 bits per heavy atom. The summed E-state index contributed by atoms with van der Waals surface area (Å²) in [5.74, 6) is -0.0265. The van der Waals surface area contributed by atoms with Crippen LogP contribution in [-0.4, -0.2) is 42.4 Å². The number of carbonyl (C=O) groups excluding carboxylic acids is 2. The van der Waals surface area contributed by atoms with E-state index in [2.05, 4.69) is 31.5 Å². The van der Waals surface area contributed by atoms with Gasteiger partial charge in [-0.1, -0.05) is 46.3 Å². The number of para-hydroxylation sites is 1. The fraction of sp³-hybridized carbons (Fsp3) is 0.250. The topological polar surface area (TPSA) is 61.4 Å². The molecule has 2 N–H and O–H groups in total. The first kappa shape index (κ1) is 21.7. The molecule has 5 nitrogen and oxygen atoms in total. The van der Waals surface area contributed by atoms with Gasteiger partial charge in [0.05, 0.1) is 11.4 Å². The molecule has 31 heavy (non-hydrogen) atoms. The van der Waals surface area contributed by atoms with Crippen LogP contribution in [0, 0.1) is 0 Å². The molecular formula is C24H24BrN3O2S. The van der Waals surface area contributed by atoms with Crippen LogP contribution in [0.5, 0.6) is 0 Å².